The van der Waals surface area contributed by atoms with Crippen molar-refractivity contribution in [2.24, 2.45) is 17.6 Å². The lowest BCUT2D eigenvalue weighted by atomic mass is 9.81. The Hall–Kier alpha value is -5.93. The Labute approximate surface area is 324 Å². The largest absolute Gasteiger partial charge is 0.491 e. The van der Waals surface area contributed by atoms with E-state index in [1.165, 1.54) is 12.3 Å². The van der Waals surface area contributed by atoms with Crippen LogP contribution in [0.5, 0.6) is 5.75 Å². The van der Waals surface area contributed by atoms with Crippen LogP contribution in [0.1, 0.15) is 48.0 Å². The van der Waals surface area contributed by atoms with Crippen LogP contribution in [0.3, 0.4) is 0 Å². The first kappa shape index (κ1) is 38.3. The summed E-state index contributed by atoms with van der Waals surface area (Å²) in [5, 5.41) is 17.9. The molecule has 2 heterocycles. The van der Waals surface area contributed by atoms with Crippen molar-refractivity contribution in [3.05, 3.63) is 108 Å². The molecule has 5 aromatic rings. The minimum atomic E-state index is -3.15. The van der Waals surface area contributed by atoms with E-state index < -0.39 is 43.3 Å². The maximum Gasteiger partial charge on any atom is 0.268 e. The molecular formula is C44H44F2N6O4. The number of nitriles is 1. The molecule has 4 N–H and O–H groups in total. The minimum Gasteiger partial charge on any atom is -0.491 e. The van der Waals surface area contributed by atoms with Gasteiger partial charge < -0.3 is 26.0 Å². The number of pyridine rings is 1. The summed E-state index contributed by atoms with van der Waals surface area (Å²) in [6, 6.07) is 29.4. The monoisotopic (exact) mass is 758 g/mol. The Kier molecular flexibility index (Phi) is 11.5. The molecular weight excluding hydrogens is 715 g/mol. The standard InChI is InChI=1S/C44H44F2N6O4/c45-44(46)22-36(24-48)52(27-44)41(53)25-50-43(55)38-17-18-49-40-16-13-34(21-39(38)40)31-11-14-37(15-12-31)56-26-35(51-42(54)32-9-5-28(23-47)6-10-32)20-29-7-8-30-3-1-2-4-33(30)19-29/h1-4,7-8,11-19,21,28,32,35-36H,5-6,9-10,20,22-23,25-27,47H2,(H,50,55)(H,51,54)/t28?,32?,35-,36-/m0/s1. The van der Waals surface area contributed by atoms with E-state index in [0.29, 0.717) is 35.5 Å². The van der Waals surface area contributed by atoms with Gasteiger partial charge in [0.2, 0.25) is 11.8 Å². The fraction of sp³-hybridized carbons (Fsp3) is 0.341. The van der Waals surface area contributed by atoms with Gasteiger partial charge in [0.15, 0.2) is 0 Å². The highest BCUT2D eigenvalue weighted by molar-refractivity contribution is 6.07. The van der Waals surface area contributed by atoms with Crippen molar-refractivity contribution in [3.8, 4) is 22.9 Å². The van der Waals surface area contributed by atoms with Crippen molar-refractivity contribution in [2.75, 3.05) is 26.2 Å². The Balaban J connectivity index is 1.02. The predicted molar refractivity (Wildman–Crippen MR) is 210 cm³/mol. The summed E-state index contributed by atoms with van der Waals surface area (Å²) >= 11 is 0. The van der Waals surface area contributed by atoms with E-state index in [1.54, 1.807) is 12.1 Å². The fourth-order valence-corrected chi connectivity index (χ4v) is 7.79. The zero-order valence-corrected chi connectivity index (χ0v) is 30.9. The van der Waals surface area contributed by atoms with Crippen molar-refractivity contribution in [1.29, 1.82) is 5.26 Å². The average molecular weight is 759 g/mol. The lowest BCUT2D eigenvalue weighted by molar-refractivity contribution is -0.131. The summed E-state index contributed by atoms with van der Waals surface area (Å²) in [7, 11) is 0. The number of likely N-dealkylation sites (tertiary alicyclic amines) is 1. The number of rotatable bonds is 12. The molecule has 56 heavy (non-hydrogen) atoms. The van der Waals surface area contributed by atoms with Crippen LogP contribution >= 0.6 is 0 Å². The third kappa shape index (κ3) is 8.95. The van der Waals surface area contributed by atoms with Gasteiger partial charge in [-0.2, -0.15) is 5.26 Å². The minimum absolute atomic E-state index is 0.0367. The van der Waals surface area contributed by atoms with Gasteiger partial charge in [-0.1, -0.05) is 60.7 Å². The molecule has 4 aromatic carbocycles. The van der Waals surface area contributed by atoms with E-state index in [9.17, 15) is 28.4 Å². The molecule has 0 radical (unpaired) electrons. The molecule has 1 saturated heterocycles. The van der Waals surface area contributed by atoms with E-state index >= 15 is 0 Å². The zero-order chi connectivity index (χ0) is 39.2. The second kappa shape index (κ2) is 16.8. The van der Waals surface area contributed by atoms with Crippen molar-refractivity contribution in [2.45, 2.75) is 56.5 Å². The van der Waals surface area contributed by atoms with Gasteiger partial charge in [0, 0.05) is 23.9 Å². The summed E-state index contributed by atoms with van der Waals surface area (Å²) in [6.07, 6.45) is 4.96. The van der Waals surface area contributed by atoms with E-state index in [2.05, 4.69) is 45.9 Å². The van der Waals surface area contributed by atoms with Crippen LogP contribution in [0.2, 0.25) is 0 Å². The Morgan fingerprint density at radius 1 is 0.946 bits per heavy atom. The third-order valence-corrected chi connectivity index (χ3v) is 11.0. The molecule has 2 fully saturated rings. The highest BCUT2D eigenvalue weighted by Gasteiger charge is 2.47. The second-order valence-electron chi connectivity index (χ2n) is 14.9. The number of fused-ring (bicyclic) bond motifs is 2. The fourth-order valence-electron chi connectivity index (χ4n) is 7.79. The molecule has 1 saturated carbocycles. The van der Waals surface area contributed by atoms with Crippen molar-refractivity contribution in [3.63, 3.8) is 0 Å². The first-order chi connectivity index (χ1) is 27.1. The van der Waals surface area contributed by atoms with E-state index in [0.717, 1.165) is 58.0 Å². The van der Waals surface area contributed by atoms with Crippen molar-refractivity contribution in [1.82, 2.24) is 20.5 Å². The normalized spacial score (nSPS) is 19.6. The molecule has 0 spiro atoms. The van der Waals surface area contributed by atoms with Gasteiger partial charge in [0.25, 0.3) is 11.8 Å². The van der Waals surface area contributed by atoms with Crippen LogP contribution in [-0.4, -0.2) is 71.9 Å². The molecule has 1 aromatic heterocycles. The highest BCUT2D eigenvalue weighted by Crippen LogP contribution is 2.32. The Morgan fingerprint density at radius 3 is 2.45 bits per heavy atom. The number of benzene rings is 4. The number of hydrogen-bond donors (Lipinski definition) is 3. The van der Waals surface area contributed by atoms with Gasteiger partial charge in [0.1, 0.15) is 18.4 Å². The lowest BCUT2D eigenvalue weighted by Gasteiger charge is -2.28. The number of aromatic nitrogens is 1. The third-order valence-electron chi connectivity index (χ3n) is 11.0. The predicted octanol–water partition coefficient (Wildman–Crippen LogP) is 6.42. The van der Waals surface area contributed by atoms with Crippen LogP contribution in [0.25, 0.3) is 32.8 Å². The number of alkyl halides is 2. The van der Waals surface area contributed by atoms with Crippen LogP contribution in [0, 0.1) is 23.2 Å². The summed E-state index contributed by atoms with van der Waals surface area (Å²) < 4.78 is 34.0. The van der Waals surface area contributed by atoms with Gasteiger partial charge in [0.05, 0.1) is 36.3 Å². The van der Waals surface area contributed by atoms with Crippen LogP contribution < -0.4 is 21.1 Å². The molecule has 10 nitrogen and oxygen atoms in total. The number of nitrogens with zero attached hydrogens (tertiary/aromatic N) is 3. The highest BCUT2D eigenvalue weighted by atomic mass is 19.3. The Bertz CT molecular complexity index is 2270. The van der Waals surface area contributed by atoms with Gasteiger partial charge in [-0.3, -0.25) is 19.4 Å². The summed E-state index contributed by atoms with van der Waals surface area (Å²) in [4.78, 5) is 44.6. The maximum absolute atomic E-state index is 13.9. The summed E-state index contributed by atoms with van der Waals surface area (Å²) in [6.45, 7) is -0.452. The summed E-state index contributed by atoms with van der Waals surface area (Å²) in [5.74, 6) is -3.34. The number of nitrogens with two attached hydrogens (primary N) is 1. The molecule has 1 aliphatic heterocycles. The van der Waals surface area contributed by atoms with Gasteiger partial charge in [-0.25, -0.2) is 8.78 Å². The molecule has 0 unspecified atom stereocenters. The van der Waals surface area contributed by atoms with Gasteiger partial charge in [-0.05, 0) is 102 Å². The molecule has 7 rings (SSSR count). The van der Waals surface area contributed by atoms with Crippen LogP contribution in [0.15, 0.2) is 97.2 Å². The molecule has 2 atom stereocenters. The van der Waals surface area contributed by atoms with Gasteiger partial charge >= 0.3 is 0 Å². The van der Waals surface area contributed by atoms with E-state index in [1.807, 2.05) is 48.5 Å². The molecule has 3 amide bonds. The molecule has 2 aliphatic rings. The first-order valence-electron chi connectivity index (χ1n) is 19.0. The number of carbonyl (C=O) groups excluding carboxylic acids is 3. The van der Waals surface area contributed by atoms with E-state index in [-0.39, 0.29) is 30.0 Å². The lowest BCUT2D eigenvalue weighted by Crippen LogP contribution is -2.44. The Morgan fingerprint density at radius 2 is 1.70 bits per heavy atom. The smallest absolute Gasteiger partial charge is 0.268 e. The summed E-state index contributed by atoms with van der Waals surface area (Å²) in [5.41, 5.74) is 9.48. The molecule has 0 bridgehead atoms. The number of carbonyl (C=O) groups is 3. The van der Waals surface area contributed by atoms with Crippen LogP contribution in [0.4, 0.5) is 8.78 Å². The topological polar surface area (TPSA) is 150 Å². The SMILES string of the molecule is N#C[C@@H]1CC(F)(F)CN1C(=O)CNC(=O)c1ccnc2ccc(-c3ccc(OC[C@H](Cc4ccc5ccccc5c4)NC(=O)C4CCC(CN)CC4)cc3)cc12. The first-order valence-corrected chi connectivity index (χ1v) is 19.0. The average Bonchev–Trinajstić information content (AvgIpc) is 3.55. The van der Waals surface area contributed by atoms with E-state index in [4.69, 9.17) is 10.5 Å². The molecule has 1 aliphatic carbocycles. The van der Waals surface area contributed by atoms with Crippen LogP contribution in [-0.2, 0) is 16.0 Å². The zero-order valence-electron chi connectivity index (χ0n) is 30.9. The molecule has 12 heteroatoms. The number of halogens is 2. The molecule has 288 valence electrons. The quantitative estimate of drug-likeness (QED) is 0.133. The number of amides is 3. The number of ether oxygens (including phenoxy) is 1. The number of nitrogens with one attached hydrogen (secondary N) is 2. The number of hydrogen-bond acceptors (Lipinski definition) is 7. The van der Waals surface area contributed by atoms with Crippen molar-refractivity contribution < 1.29 is 27.9 Å². The van der Waals surface area contributed by atoms with Gasteiger partial charge in [-0.15, -0.1) is 0 Å². The maximum atomic E-state index is 13.9. The second-order valence-corrected chi connectivity index (χ2v) is 14.9. The van der Waals surface area contributed by atoms with Crippen molar-refractivity contribution >= 4 is 39.4 Å².